The fourth-order valence-electron chi connectivity index (χ4n) is 2.11. The first-order valence-corrected chi connectivity index (χ1v) is 5.49. The summed E-state index contributed by atoms with van der Waals surface area (Å²) in [7, 11) is 2.27. The predicted molar refractivity (Wildman–Crippen MR) is 54.7 cm³/mol. The van der Waals surface area contributed by atoms with Gasteiger partial charge in [-0.25, -0.2) is 0 Å². The zero-order valence-electron chi connectivity index (χ0n) is 8.63. The monoisotopic (exact) mass is 183 g/mol. The Kier molecular flexibility index (Phi) is 3.19. The summed E-state index contributed by atoms with van der Waals surface area (Å²) in [5.41, 5.74) is 0. The molecule has 1 heterocycles. The SMILES string of the molecule is CN(CN1CCNCC1)C1CCC1. The summed E-state index contributed by atoms with van der Waals surface area (Å²) in [6.45, 7) is 5.94. The Bertz CT molecular complexity index is 150. The fourth-order valence-corrected chi connectivity index (χ4v) is 2.11. The first kappa shape index (κ1) is 9.44. The molecule has 1 aliphatic heterocycles. The lowest BCUT2D eigenvalue weighted by Gasteiger charge is -2.39. The lowest BCUT2D eigenvalue weighted by Crippen LogP contribution is -2.50. The van der Waals surface area contributed by atoms with Gasteiger partial charge in [0.15, 0.2) is 0 Å². The van der Waals surface area contributed by atoms with Gasteiger partial charge >= 0.3 is 0 Å². The van der Waals surface area contributed by atoms with Gasteiger partial charge < -0.3 is 5.32 Å². The van der Waals surface area contributed by atoms with E-state index in [0.29, 0.717) is 0 Å². The zero-order chi connectivity index (χ0) is 9.10. The van der Waals surface area contributed by atoms with Gasteiger partial charge in [0.05, 0.1) is 6.67 Å². The molecule has 0 aromatic heterocycles. The predicted octanol–water partition coefficient (Wildman–Crippen LogP) is 0.333. The lowest BCUT2D eigenvalue weighted by molar-refractivity contribution is 0.0733. The maximum absolute atomic E-state index is 3.38. The molecule has 2 aliphatic rings. The van der Waals surface area contributed by atoms with Gasteiger partial charge in [-0.1, -0.05) is 6.42 Å². The van der Waals surface area contributed by atoms with Gasteiger partial charge in [0.1, 0.15) is 0 Å². The topological polar surface area (TPSA) is 18.5 Å². The van der Waals surface area contributed by atoms with Gasteiger partial charge in [-0.15, -0.1) is 0 Å². The second kappa shape index (κ2) is 4.40. The average molecular weight is 183 g/mol. The molecule has 3 heteroatoms. The molecule has 0 atom stereocenters. The second-order valence-corrected chi connectivity index (χ2v) is 4.35. The number of hydrogen-bond acceptors (Lipinski definition) is 3. The van der Waals surface area contributed by atoms with E-state index in [1.165, 1.54) is 52.1 Å². The third-order valence-electron chi connectivity index (χ3n) is 3.33. The van der Waals surface area contributed by atoms with Crippen molar-refractivity contribution in [3.8, 4) is 0 Å². The first-order valence-electron chi connectivity index (χ1n) is 5.49. The fraction of sp³-hybridized carbons (Fsp3) is 1.00. The van der Waals surface area contributed by atoms with Crippen LogP contribution in [0, 0.1) is 0 Å². The molecule has 76 valence electrons. The molecule has 0 radical (unpaired) electrons. The highest BCUT2D eigenvalue weighted by molar-refractivity contribution is 4.78. The molecule has 1 saturated heterocycles. The van der Waals surface area contributed by atoms with E-state index < -0.39 is 0 Å². The van der Waals surface area contributed by atoms with Crippen LogP contribution >= 0.6 is 0 Å². The molecule has 0 aromatic carbocycles. The Balaban J connectivity index is 1.69. The summed E-state index contributed by atoms with van der Waals surface area (Å²) in [6.07, 6.45) is 4.28. The van der Waals surface area contributed by atoms with Crippen molar-refractivity contribution in [3.63, 3.8) is 0 Å². The highest BCUT2D eigenvalue weighted by Gasteiger charge is 2.23. The Labute approximate surface area is 81.1 Å². The first-order chi connectivity index (χ1) is 6.36. The molecule has 1 N–H and O–H groups in total. The van der Waals surface area contributed by atoms with Gasteiger partial charge in [-0.05, 0) is 19.9 Å². The van der Waals surface area contributed by atoms with E-state index >= 15 is 0 Å². The molecule has 2 fully saturated rings. The van der Waals surface area contributed by atoms with Crippen LogP contribution in [0.15, 0.2) is 0 Å². The van der Waals surface area contributed by atoms with Crippen LogP contribution in [-0.2, 0) is 0 Å². The number of piperazine rings is 1. The summed E-state index contributed by atoms with van der Waals surface area (Å²) in [6, 6.07) is 0.884. The molecule has 3 nitrogen and oxygen atoms in total. The molecule has 13 heavy (non-hydrogen) atoms. The van der Waals surface area contributed by atoms with Crippen molar-refractivity contribution in [2.75, 3.05) is 39.9 Å². The summed E-state index contributed by atoms with van der Waals surface area (Å²) in [5.74, 6) is 0. The van der Waals surface area contributed by atoms with Crippen molar-refractivity contribution in [2.45, 2.75) is 25.3 Å². The Morgan fingerprint density at radius 1 is 1.31 bits per heavy atom. The summed E-state index contributed by atoms with van der Waals surface area (Å²) >= 11 is 0. The average Bonchev–Trinajstić information content (AvgIpc) is 2.02. The quantitative estimate of drug-likeness (QED) is 0.680. The minimum atomic E-state index is 0.884. The van der Waals surface area contributed by atoms with Crippen molar-refractivity contribution >= 4 is 0 Å². The number of hydrogen-bond donors (Lipinski definition) is 1. The normalized spacial score (nSPS) is 26.3. The van der Waals surface area contributed by atoms with E-state index in [2.05, 4.69) is 22.2 Å². The largest absolute Gasteiger partial charge is 0.314 e. The lowest BCUT2D eigenvalue weighted by atomic mass is 9.92. The molecule has 0 spiro atoms. The highest BCUT2D eigenvalue weighted by atomic mass is 15.3. The van der Waals surface area contributed by atoms with Crippen LogP contribution in [0.5, 0.6) is 0 Å². The highest BCUT2D eigenvalue weighted by Crippen LogP contribution is 2.23. The molecule has 1 saturated carbocycles. The van der Waals surface area contributed by atoms with Crippen molar-refractivity contribution in [3.05, 3.63) is 0 Å². The van der Waals surface area contributed by atoms with Crippen LogP contribution in [0.25, 0.3) is 0 Å². The third kappa shape index (κ3) is 2.42. The van der Waals surface area contributed by atoms with Gasteiger partial charge in [0.25, 0.3) is 0 Å². The Morgan fingerprint density at radius 2 is 2.00 bits per heavy atom. The molecule has 0 unspecified atom stereocenters. The van der Waals surface area contributed by atoms with E-state index in [-0.39, 0.29) is 0 Å². The van der Waals surface area contributed by atoms with Crippen LogP contribution in [0.1, 0.15) is 19.3 Å². The van der Waals surface area contributed by atoms with Crippen molar-refractivity contribution in [1.82, 2.24) is 15.1 Å². The van der Waals surface area contributed by atoms with Crippen LogP contribution < -0.4 is 5.32 Å². The third-order valence-corrected chi connectivity index (χ3v) is 3.33. The van der Waals surface area contributed by atoms with Crippen LogP contribution in [0.2, 0.25) is 0 Å². The van der Waals surface area contributed by atoms with Gasteiger partial charge in [0.2, 0.25) is 0 Å². The molecule has 1 aliphatic carbocycles. The molecular formula is C10H21N3. The number of nitrogens with one attached hydrogen (secondary N) is 1. The van der Waals surface area contributed by atoms with E-state index in [4.69, 9.17) is 0 Å². The summed E-state index contributed by atoms with van der Waals surface area (Å²) < 4.78 is 0. The zero-order valence-corrected chi connectivity index (χ0v) is 8.63. The molecule has 0 aromatic rings. The molecular weight excluding hydrogens is 162 g/mol. The smallest absolute Gasteiger partial charge is 0.0507 e. The Morgan fingerprint density at radius 3 is 2.54 bits per heavy atom. The van der Waals surface area contributed by atoms with E-state index in [0.717, 1.165) is 6.04 Å². The second-order valence-electron chi connectivity index (χ2n) is 4.35. The molecule has 2 rings (SSSR count). The van der Waals surface area contributed by atoms with Gasteiger partial charge in [-0.2, -0.15) is 0 Å². The van der Waals surface area contributed by atoms with Crippen molar-refractivity contribution < 1.29 is 0 Å². The van der Waals surface area contributed by atoms with Crippen LogP contribution in [0.4, 0.5) is 0 Å². The van der Waals surface area contributed by atoms with Gasteiger partial charge in [0, 0.05) is 32.2 Å². The molecule has 0 bridgehead atoms. The maximum atomic E-state index is 3.38. The van der Waals surface area contributed by atoms with Crippen LogP contribution in [0.3, 0.4) is 0 Å². The van der Waals surface area contributed by atoms with Gasteiger partial charge in [-0.3, -0.25) is 9.80 Å². The Hall–Kier alpha value is -0.120. The number of nitrogens with zero attached hydrogens (tertiary/aromatic N) is 2. The van der Waals surface area contributed by atoms with E-state index in [9.17, 15) is 0 Å². The summed E-state index contributed by atoms with van der Waals surface area (Å²) in [4.78, 5) is 5.07. The van der Waals surface area contributed by atoms with Crippen LogP contribution in [-0.4, -0.2) is 55.7 Å². The van der Waals surface area contributed by atoms with E-state index in [1.54, 1.807) is 0 Å². The summed E-state index contributed by atoms with van der Waals surface area (Å²) in [5, 5.41) is 3.38. The van der Waals surface area contributed by atoms with Crippen molar-refractivity contribution in [1.29, 1.82) is 0 Å². The minimum absolute atomic E-state index is 0.884. The standard InChI is InChI=1S/C10H21N3/c1-12(10-3-2-4-10)9-13-7-5-11-6-8-13/h10-11H,2-9H2,1H3. The minimum Gasteiger partial charge on any atom is -0.314 e. The maximum Gasteiger partial charge on any atom is 0.0507 e. The van der Waals surface area contributed by atoms with Crippen molar-refractivity contribution in [2.24, 2.45) is 0 Å². The van der Waals surface area contributed by atoms with E-state index in [1.807, 2.05) is 0 Å². The number of rotatable bonds is 3. The molecule has 0 amide bonds.